The van der Waals surface area contributed by atoms with Crippen LogP contribution in [0.25, 0.3) is 0 Å². The number of rotatable bonds is 40. The predicted molar refractivity (Wildman–Crippen MR) is 225 cm³/mol. The third-order valence-corrected chi connectivity index (χ3v) is 11.8. The van der Waals surface area contributed by atoms with Crippen LogP contribution in [0.4, 0.5) is 0 Å². The third kappa shape index (κ3) is 31.7. The van der Waals surface area contributed by atoms with Gasteiger partial charge in [0, 0.05) is 26.1 Å². The van der Waals surface area contributed by atoms with Crippen LogP contribution in [0.1, 0.15) is 227 Å². The number of ether oxygens (including phenoxy) is 3. The molecule has 53 heavy (non-hydrogen) atoms. The van der Waals surface area contributed by atoms with Crippen LogP contribution in [-0.2, 0) is 23.8 Å². The molecule has 1 aliphatic heterocycles. The van der Waals surface area contributed by atoms with Crippen molar-refractivity contribution in [2.45, 2.75) is 227 Å². The summed E-state index contributed by atoms with van der Waals surface area (Å²) in [4.78, 5) is 27.5. The Kier molecular flexibility index (Phi) is 35.5. The molecular formula is C47H91NO5. The van der Waals surface area contributed by atoms with Gasteiger partial charge in [-0.3, -0.25) is 9.59 Å². The maximum Gasteiger partial charge on any atom is 0.305 e. The Bertz CT molecular complexity index is 780. The van der Waals surface area contributed by atoms with Gasteiger partial charge < -0.3 is 19.1 Å². The molecule has 1 fully saturated rings. The Morgan fingerprint density at radius 2 is 0.830 bits per heavy atom. The molecule has 1 aliphatic rings. The van der Waals surface area contributed by atoms with Crippen LogP contribution in [0.2, 0.25) is 0 Å². The predicted octanol–water partition coefficient (Wildman–Crippen LogP) is 13.4. The van der Waals surface area contributed by atoms with E-state index in [9.17, 15) is 9.59 Å². The molecule has 0 spiro atoms. The first kappa shape index (κ1) is 49.9. The fraction of sp³-hybridized carbons (Fsp3) is 0.957. The fourth-order valence-electron chi connectivity index (χ4n) is 8.24. The van der Waals surface area contributed by atoms with Crippen LogP contribution in [0.3, 0.4) is 0 Å². The van der Waals surface area contributed by atoms with E-state index >= 15 is 0 Å². The molecule has 314 valence electrons. The van der Waals surface area contributed by atoms with Gasteiger partial charge in [0.25, 0.3) is 0 Å². The molecule has 1 unspecified atom stereocenters. The highest BCUT2D eigenvalue weighted by atomic mass is 16.5. The Balaban J connectivity index is 2.25. The Hall–Kier alpha value is -1.14. The second kappa shape index (κ2) is 37.8. The first-order valence-corrected chi connectivity index (χ1v) is 23.6. The molecular weight excluding hydrogens is 659 g/mol. The van der Waals surface area contributed by atoms with Crippen LogP contribution in [0, 0.1) is 17.8 Å². The number of likely N-dealkylation sites (tertiary alicyclic amines) is 1. The van der Waals surface area contributed by atoms with Gasteiger partial charge in [-0.25, -0.2) is 0 Å². The molecule has 0 amide bonds. The maximum absolute atomic E-state index is 12.5. The minimum absolute atomic E-state index is 0.00249. The highest BCUT2D eigenvalue weighted by Gasteiger charge is 2.15. The minimum atomic E-state index is -0.0648. The molecule has 0 N–H and O–H groups in total. The van der Waals surface area contributed by atoms with E-state index < -0.39 is 0 Å². The molecule has 0 aromatic carbocycles. The standard InChI is InChI=1S/C47H91NO5/c1-5-9-14-25-44(26-15-10-6-2)34-41-52-46(49)32-19-13-18-29-43(30-22-38-48-36-20-21-37-48)31-23-39-51-40-24-33-47(50)53-42-35-45(27-16-11-7-3)28-17-12-8-4/h43-45H,5-42H2,1-4H3. The summed E-state index contributed by atoms with van der Waals surface area (Å²) in [6, 6.07) is 0. The molecule has 0 saturated carbocycles. The van der Waals surface area contributed by atoms with Crippen molar-refractivity contribution in [3.63, 3.8) is 0 Å². The normalized spacial score (nSPS) is 14.1. The van der Waals surface area contributed by atoms with Crippen LogP contribution < -0.4 is 0 Å². The maximum atomic E-state index is 12.5. The van der Waals surface area contributed by atoms with Crippen molar-refractivity contribution < 1.29 is 23.8 Å². The van der Waals surface area contributed by atoms with E-state index in [0.29, 0.717) is 44.5 Å². The monoisotopic (exact) mass is 750 g/mol. The van der Waals surface area contributed by atoms with E-state index in [4.69, 9.17) is 14.2 Å². The average molecular weight is 750 g/mol. The van der Waals surface area contributed by atoms with Crippen molar-refractivity contribution in [3.8, 4) is 0 Å². The molecule has 1 heterocycles. The Morgan fingerprint density at radius 1 is 0.434 bits per heavy atom. The van der Waals surface area contributed by atoms with Gasteiger partial charge in [-0.1, -0.05) is 150 Å². The highest BCUT2D eigenvalue weighted by Crippen LogP contribution is 2.24. The number of carbonyl (C=O) groups is 2. The van der Waals surface area contributed by atoms with Gasteiger partial charge in [-0.2, -0.15) is 0 Å². The molecule has 1 rings (SSSR count). The van der Waals surface area contributed by atoms with Crippen LogP contribution in [0.5, 0.6) is 0 Å². The summed E-state index contributed by atoms with van der Waals surface area (Å²) in [5.74, 6) is 2.08. The van der Waals surface area contributed by atoms with Gasteiger partial charge in [0.05, 0.1) is 13.2 Å². The molecule has 6 heteroatoms. The number of esters is 2. The van der Waals surface area contributed by atoms with Crippen molar-refractivity contribution in [3.05, 3.63) is 0 Å². The molecule has 0 aromatic heterocycles. The molecule has 0 aromatic rings. The summed E-state index contributed by atoms with van der Waals surface area (Å²) in [6.07, 6.45) is 36.6. The smallest absolute Gasteiger partial charge is 0.305 e. The largest absolute Gasteiger partial charge is 0.466 e. The van der Waals surface area contributed by atoms with Crippen molar-refractivity contribution in [2.24, 2.45) is 17.8 Å². The van der Waals surface area contributed by atoms with Crippen molar-refractivity contribution >= 4 is 11.9 Å². The van der Waals surface area contributed by atoms with Gasteiger partial charge in [0.15, 0.2) is 0 Å². The summed E-state index contributed by atoms with van der Waals surface area (Å²) in [7, 11) is 0. The molecule has 0 bridgehead atoms. The topological polar surface area (TPSA) is 65.1 Å². The SMILES string of the molecule is CCCCCC(CCCCC)CCOC(=O)CCCCCC(CCCOCCCC(=O)OCCC(CCCCC)CCCCC)CCCN1CCCC1. The van der Waals surface area contributed by atoms with Crippen LogP contribution >= 0.6 is 0 Å². The van der Waals surface area contributed by atoms with E-state index in [0.717, 1.165) is 51.0 Å². The molecule has 1 saturated heterocycles. The van der Waals surface area contributed by atoms with E-state index in [-0.39, 0.29) is 11.9 Å². The number of unbranched alkanes of at least 4 members (excludes halogenated alkanes) is 10. The first-order valence-electron chi connectivity index (χ1n) is 23.6. The molecule has 6 nitrogen and oxygen atoms in total. The van der Waals surface area contributed by atoms with E-state index in [1.165, 1.54) is 167 Å². The van der Waals surface area contributed by atoms with Crippen molar-refractivity contribution in [2.75, 3.05) is 46.1 Å². The van der Waals surface area contributed by atoms with Crippen LogP contribution in [-0.4, -0.2) is 62.9 Å². The van der Waals surface area contributed by atoms with E-state index in [1.54, 1.807) is 0 Å². The molecule has 1 atom stereocenters. The van der Waals surface area contributed by atoms with Gasteiger partial charge in [-0.05, 0) is 102 Å². The van der Waals surface area contributed by atoms with Gasteiger partial charge in [0.1, 0.15) is 0 Å². The molecule has 0 aliphatic carbocycles. The lowest BCUT2D eigenvalue weighted by Gasteiger charge is -2.20. The zero-order chi connectivity index (χ0) is 38.5. The summed E-state index contributed by atoms with van der Waals surface area (Å²) in [6.45, 7) is 15.4. The zero-order valence-electron chi connectivity index (χ0n) is 36.1. The fourth-order valence-corrected chi connectivity index (χ4v) is 8.24. The number of nitrogens with zero attached hydrogens (tertiary/aromatic N) is 1. The van der Waals surface area contributed by atoms with Crippen molar-refractivity contribution in [1.29, 1.82) is 0 Å². The van der Waals surface area contributed by atoms with Gasteiger partial charge in [0.2, 0.25) is 0 Å². The Morgan fingerprint density at radius 3 is 1.32 bits per heavy atom. The third-order valence-electron chi connectivity index (χ3n) is 11.8. The van der Waals surface area contributed by atoms with Crippen molar-refractivity contribution in [1.82, 2.24) is 4.90 Å². The van der Waals surface area contributed by atoms with Gasteiger partial charge in [-0.15, -0.1) is 0 Å². The van der Waals surface area contributed by atoms with E-state index in [1.807, 2.05) is 0 Å². The van der Waals surface area contributed by atoms with E-state index in [2.05, 4.69) is 32.6 Å². The minimum Gasteiger partial charge on any atom is -0.466 e. The summed E-state index contributed by atoms with van der Waals surface area (Å²) >= 11 is 0. The number of hydrogen-bond donors (Lipinski definition) is 0. The number of carbonyl (C=O) groups excluding carboxylic acids is 2. The zero-order valence-corrected chi connectivity index (χ0v) is 36.1. The number of hydrogen-bond acceptors (Lipinski definition) is 6. The Labute approximate surface area is 330 Å². The average Bonchev–Trinajstić information content (AvgIpc) is 3.67. The summed E-state index contributed by atoms with van der Waals surface area (Å²) in [5, 5.41) is 0. The lowest BCUT2D eigenvalue weighted by molar-refractivity contribution is -0.145. The lowest BCUT2D eigenvalue weighted by atomic mass is 9.91. The summed E-state index contributed by atoms with van der Waals surface area (Å²) in [5.41, 5.74) is 0. The van der Waals surface area contributed by atoms with Gasteiger partial charge >= 0.3 is 11.9 Å². The second-order valence-corrected chi connectivity index (χ2v) is 16.7. The quantitative estimate of drug-likeness (QED) is 0.0459. The molecule has 0 radical (unpaired) electrons. The lowest BCUT2D eigenvalue weighted by Crippen LogP contribution is -2.21. The summed E-state index contributed by atoms with van der Waals surface area (Å²) < 4.78 is 17.3. The highest BCUT2D eigenvalue weighted by molar-refractivity contribution is 5.69. The first-order chi connectivity index (χ1) is 26.0. The van der Waals surface area contributed by atoms with Crippen LogP contribution in [0.15, 0.2) is 0 Å². The second-order valence-electron chi connectivity index (χ2n) is 16.7.